The highest BCUT2D eigenvalue weighted by Gasteiger charge is 2.67. The molecule has 1 unspecified atom stereocenters. The van der Waals surface area contributed by atoms with Crippen molar-refractivity contribution in [1.29, 1.82) is 0 Å². The molecule has 1 spiro atoms. The number of ether oxygens (including phenoxy) is 2. The fourth-order valence-electron chi connectivity index (χ4n) is 8.64. The minimum atomic E-state index is -3.53. The Kier molecular flexibility index (Phi) is 9.22. The van der Waals surface area contributed by atoms with Crippen LogP contribution in [0, 0.1) is 5.92 Å². The van der Waals surface area contributed by atoms with Crippen LogP contribution in [0.5, 0.6) is 0 Å². The molecule has 10 nitrogen and oxygen atoms in total. The summed E-state index contributed by atoms with van der Waals surface area (Å²) in [5.74, 6) is -1.77. The van der Waals surface area contributed by atoms with Gasteiger partial charge in [-0.05, 0) is 66.5 Å². The predicted molar refractivity (Wildman–Crippen MR) is 194 cm³/mol. The van der Waals surface area contributed by atoms with Crippen LogP contribution in [-0.4, -0.2) is 67.1 Å². The largest absolute Gasteiger partial charge is 0.441 e. The summed E-state index contributed by atoms with van der Waals surface area (Å²) in [7, 11) is -3.53. The molecule has 2 saturated heterocycles. The topological polar surface area (TPSA) is 117 Å². The van der Waals surface area contributed by atoms with E-state index in [4.69, 9.17) is 9.47 Å². The van der Waals surface area contributed by atoms with Crippen LogP contribution in [0.1, 0.15) is 48.9 Å². The Morgan fingerprint density at radius 2 is 1.76 bits per heavy atom. The van der Waals surface area contributed by atoms with Gasteiger partial charge in [0.2, 0.25) is 20.2 Å². The molecule has 0 aromatic heterocycles. The van der Waals surface area contributed by atoms with Gasteiger partial charge in [-0.25, -0.2) is 0 Å². The van der Waals surface area contributed by atoms with E-state index >= 15 is 4.11 Å². The number of halogens is 2. The van der Waals surface area contributed by atoms with Crippen molar-refractivity contribution in [3.63, 3.8) is 0 Å². The van der Waals surface area contributed by atoms with Crippen molar-refractivity contribution in [2.24, 2.45) is 5.92 Å². The quantitative estimate of drug-likeness (QED) is 0.134. The molecule has 3 aromatic carbocycles. The summed E-state index contributed by atoms with van der Waals surface area (Å²) in [5, 5.41) is 10.3. The van der Waals surface area contributed by atoms with E-state index in [9.17, 15) is 24.3 Å². The first-order valence-corrected chi connectivity index (χ1v) is 21.0. The molecule has 3 amide bonds. The molecule has 4 aliphatic rings. The van der Waals surface area contributed by atoms with Gasteiger partial charge in [0.05, 0.1) is 43.8 Å². The fraction of sp³-hybridized carbons (Fsp3) is 0.421. The number of amides is 3. The van der Waals surface area contributed by atoms with E-state index < -0.39 is 49.8 Å². The summed E-state index contributed by atoms with van der Waals surface area (Å²) in [6, 6.07) is 20.1. The molecule has 4 aliphatic heterocycles. The van der Waals surface area contributed by atoms with E-state index in [1.807, 2.05) is 61.5 Å². The van der Waals surface area contributed by atoms with Crippen molar-refractivity contribution in [3.05, 3.63) is 93.5 Å². The first-order valence-electron chi connectivity index (χ1n) is 17.3. The highest BCUT2D eigenvalue weighted by atomic mass is 79.9. The molecule has 7 rings (SSSR count). The summed E-state index contributed by atoms with van der Waals surface area (Å²) in [4.78, 5) is 57.5. The lowest BCUT2D eigenvalue weighted by Gasteiger charge is -2.39. The SMILES string of the molecule is CC(=O)OC1CC(=O)N1c1ccc(CN2C(=O)[C@@]3(O[C@@H](CC(=O)N4Cc5ccccc5C[C@H]4CO)[C@H]([Si](C)(C)F)[C@H]3C)c3cc(Br)ccc32)cc1. The average Bonchev–Trinajstić information content (AvgIpc) is 3.50. The number of hydrogen-bond donors (Lipinski definition) is 1. The van der Waals surface area contributed by atoms with Crippen molar-refractivity contribution >= 4 is 59.4 Å². The first kappa shape index (κ1) is 35.5. The number of rotatable bonds is 8. The number of benzene rings is 3. The molecule has 0 aliphatic carbocycles. The lowest BCUT2D eigenvalue weighted by Crippen LogP contribution is -2.54. The van der Waals surface area contributed by atoms with Crippen LogP contribution in [-0.2, 0) is 53.8 Å². The van der Waals surface area contributed by atoms with Crippen LogP contribution in [0.25, 0.3) is 0 Å². The van der Waals surface area contributed by atoms with Gasteiger partial charge < -0.3 is 28.5 Å². The zero-order valence-corrected chi connectivity index (χ0v) is 31.6. The van der Waals surface area contributed by atoms with Gasteiger partial charge >= 0.3 is 5.97 Å². The van der Waals surface area contributed by atoms with Gasteiger partial charge in [0.25, 0.3) is 5.91 Å². The van der Waals surface area contributed by atoms with Crippen LogP contribution in [0.15, 0.2) is 71.2 Å². The number of nitrogens with zero attached hydrogens (tertiary/aromatic N) is 3. The molecule has 4 heterocycles. The summed E-state index contributed by atoms with van der Waals surface area (Å²) in [6.45, 7) is 6.70. The second kappa shape index (κ2) is 13.3. The maximum atomic E-state index is 16.5. The molecule has 0 saturated carbocycles. The molecule has 268 valence electrons. The molecule has 0 bridgehead atoms. The van der Waals surface area contributed by atoms with Gasteiger partial charge in [0.1, 0.15) is 0 Å². The number of carbonyl (C=O) groups excluding carboxylic acids is 4. The van der Waals surface area contributed by atoms with E-state index in [1.54, 1.807) is 35.0 Å². The summed E-state index contributed by atoms with van der Waals surface area (Å²) < 4.78 is 29.3. The number of aliphatic hydroxyl groups excluding tert-OH is 1. The normalized spacial score (nSPS) is 27.0. The van der Waals surface area contributed by atoms with E-state index in [2.05, 4.69) is 15.9 Å². The van der Waals surface area contributed by atoms with Gasteiger partial charge in [-0.3, -0.25) is 24.1 Å². The van der Waals surface area contributed by atoms with Crippen molar-refractivity contribution in [2.45, 2.75) is 88.8 Å². The Balaban J connectivity index is 1.17. The zero-order chi connectivity index (χ0) is 36.4. The minimum Gasteiger partial charge on any atom is -0.441 e. The molecular weight excluding hydrogens is 737 g/mol. The number of carbonyl (C=O) groups is 4. The zero-order valence-electron chi connectivity index (χ0n) is 29.0. The molecule has 6 atom stereocenters. The molecule has 13 heteroatoms. The van der Waals surface area contributed by atoms with E-state index in [0.29, 0.717) is 29.9 Å². The van der Waals surface area contributed by atoms with Crippen molar-refractivity contribution < 1.29 is 37.9 Å². The van der Waals surface area contributed by atoms with Gasteiger partial charge in [0, 0.05) is 40.7 Å². The third kappa shape index (κ3) is 6.11. The Morgan fingerprint density at radius 1 is 1.06 bits per heavy atom. The molecule has 2 fully saturated rings. The van der Waals surface area contributed by atoms with Crippen LogP contribution in [0.2, 0.25) is 18.6 Å². The molecule has 3 aromatic rings. The monoisotopic (exact) mass is 777 g/mol. The Labute approximate surface area is 305 Å². The van der Waals surface area contributed by atoms with Crippen molar-refractivity contribution in [2.75, 3.05) is 16.4 Å². The number of β-lactam (4-membered cyclic amide) rings is 1. The fourth-order valence-corrected chi connectivity index (χ4v) is 11.5. The van der Waals surface area contributed by atoms with Crippen molar-refractivity contribution in [3.8, 4) is 0 Å². The first-order chi connectivity index (χ1) is 24.2. The number of anilines is 2. The maximum Gasteiger partial charge on any atom is 0.304 e. The van der Waals surface area contributed by atoms with Crippen LogP contribution in [0.3, 0.4) is 0 Å². The highest BCUT2D eigenvalue weighted by molar-refractivity contribution is 9.10. The average molecular weight is 779 g/mol. The van der Waals surface area contributed by atoms with E-state index in [-0.39, 0.29) is 43.7 Å². The minimum absolute atomic E-state index is 0.114. The van der Waals surface area contributed by atoms with Gasteiger partial charge in [-0.1, -0.05) is 59.3 Å². The number of esters is 1. The number of fused-ring (bicyclic) bond motifs is 3. The second-order valence-corrected chi connectivity index (χ2v) is 19.3. The third-order valence-electron chi connectivity index (χ3n) is 10.9. The Hall–Kier alpha value is -3.91. The van der Waals surface area contributed by atoms with Crippen LogP contribution >= 0.6 is 15.9 Å². The lowest BCUT2D eigenvalue weighted by molar-refractivity contribution is -0.154. The second-order valence-electron chi connectivity index (χ2n) is 14.6. The summed E-state index contributed by atoms with van der Waals surface area (Å²) >= 11 is 3.57. The maximum absolute atomic E-state index is 16.5. The standard InChI is InChI=1S/C38H41BrFN3O7Si/c1-22-36(51(3,4)40)32(17-33(46)41-20-26-8-6-5-7-25(26)15-29(41)21-44)50-38(22)30-16-27(39)11-14-31(30)42(37(38)48)19-24-9-12-28(13-10-24)43-34(47)18-35(43)49-23(2)45/h5-14,16,22,29,32,35-36,44H,15,17-21H2,1-4H3/t22-,29+,32+,35?,36-,38+/m1/s1. The molecule has 51 heavy (non-hydrogen) atoms. The predicted octanol–water partition coefficient (Wildman–Crippen LogP) is 5.73. The van der Waals surface area contributed by atoms with E-state index in [0.717, 1.165) is 21.2 Å². The summed E-state index contributed by atoms with van der Waals surface area (Å²) in [5.41, 5.74) is 2.55. The summed E-state index contributed by atoms with van der Waals surface area (Å²) in [6.07, 6.45) is -0.977. The van der Waals surface area contributed by atoms with Crippen LogP contribution in [0.4, 0.5) is 15.5 Å². The van der Waals surface area contributed by atoms with Gasteiger partial charge in [0.15, 0.2) is 11.8 Å². The third-order valence-corrected chi connectivity index (χ3v) is 13.9. The number of hydrogen-bond acceptors (Lipinski definition) is 7. The van der Waals surface area contributed by atoms with Gasteiger partial charge in [-0.2, -0.15) is 0 Å². The van der Waals surface area contributed by atoms with Crippen molar-refractivity contribution in [1.82, 2.24) is 4.90 Å². The smallest absolute Gasteiger partial charge is 0.304 e. The Bertz CT molecular complexity index is 1900. The van der Waals surface area contributed by atoms with Crippen LogP contribution < -0.4 is 9.80 Å². The highest BCUT2D eigenvalue weighted by Crippen LogP contribution is 2.60. The lowest BCUT2D eigenvalue weighted by atomic mass is 9.82. The van der Waals surface area contributed by atoms with Gasteiger partial charge in [-0.15, -0.1) is 0 Å². The number of aliphatic hydroxyl groups is 1. The molecular formula is C38H41BrFN3O7Si. The molecule has 0 radical (unpaired) electrons. The van der Waals surface area contributed by atoms with E-state index in [1.165, 1.54) is 11.8 Å². The Morgan fingerprint density at radius 3 is 2.41 bits per heavy atom. The molecule has 1 N–H and O–H groups in total.